The fourth-order valence-corrected chi connectivity index (χ4v) is 6.21. The van der Waals surface area contributed by atoms with E-state index in [-0.39, 0.29) is 6.10 Å². The van der Waals surface area contributed by atoms with Crippen LogP contribution >= 0.6 is 0 Å². The van der Waals surface area contributed by atoms with Crippen LogP contribution in [0.25, 0.3) is 33.4 Å². The summed E-state index contributed by atoms with van der Waals surface area (Å²) in [5.74, 6) is 0. The lowest BCUT2D eigenvalue weighted by molar-refractivity contribution is -0.0925. The van der Waals surface area contributed by atoms with E-state index in [4.69, 9.17) is 21.3 Å². The standard InChI is InChI=1S/C34H36N8O/c35-23-37-17-30(36)34-29(25-11-12-26-19-42(39-31(26)15-25)27-9-5-2-6-10-27)16-32(38-34)33-21-41-14-13-40(20-28(41)22-43-33)18-24-7-3-1-4-8-24/h1-12,15-17,19,23,28,33,38H,13-14,18,20-22,36H2,(H2,35,37). The van der Waals surface area contributed by atoms with Crippen molar-refractivity contribution in [1.82, 2.24) is 24.6 Å². The number of fused-ring (bicyclic) bond motifs is 2. The molecular formula is C34H36N8O. The largest absolute Gasteiger partial charge is 0.396 e. The monoisotopic (exact) mass is 572 g/mol. The van der Waals surface area contributed by atoms with Gasteiger partial charge in [-0.25, -0.2) is 9.67 Å². The SMILES string of the molecule is NC=NC=C(N)c1[nH]c(C2CN3CCN(Cc4ccccc4)CC3CO2)cc1-c1ccc2cn(-c3ccccc3)nc2c1. The molecule has 2 aliphatic heterocycles. The van der Waals surface area contributed by atoms with Crippen LogP contribution < -0.4 is 11.5 Å². The summed E-state index contributed by atoms with van der Waals surface area (Å²) in [7, 11) is 0. The molecule has 0 aliphatic carbocycles. The molecule has 4 heterocycles. The second-order valence-corrected chi connectivity index (χ2v) is 11.3. The summed E-state index contributed by atoms with van der Waals surface area (Å²) in [5, 5.41) is 5.92. The predicted molar refractivity (Wildman–Crippen MR) is 171 cm³/mol. The van der Waals surface area contributed by atoms with Gasteiger partial charge in [-0.05, 0) is 35.4 Å². The first-order valence-corrected chi connectivity index (χ1v) is 14.7. The van der Waals surface area contributed by atoms with Crippen LogP contribution in [0.15, 0.2) is 102 Å². The maximum absolute atomic E-state index is 6.52. The first kappa shape index (κ1) is 27.2. The number of hydrogen-bond acceptors (Lipinski definition) is 6. The Morgan fingerprint density at radius 2 is 1.81 bits per heavy atom. The molecule has 9 nitrogen and oxygen atoms in total. The maximum atomic E-state index is 6.52. The van der Waals surface area contributed by atoms with E-state index in [0.717, 1.165) is 71.8 Å². The number of nitrogens with one attached hydrogen (secondary N) is 1. The third-order valence-corrected chi connectivity index (χ3v) is 8.44. The lowest BCUT2D eigenvalue weighted by Gasteiger charge is -2.46. The highest BCUT2D eigenvalue weighted by molar-refractivity contribution is 5.87. The van der Waals surface area contributed by atoms with Gasteiger partial charge in [-0.15, -0.1) is 0 Å². The van der Waals surface area contributed by atoms with Crippen molar-refractivity contribution >= 4 is 22.9 Å². The van der Waals surface area contributed by atoms with Gasteiger partial charge < -0.3 is 21.2 Å². The highest BCUT2D eigenvalue weighted by Crippen LogP contribution is 2.35. The van der Waals surface area contributed by atoms with Gasteiger partial charge in [-0.1, -0.05) is 60.7 Å². The summed E-state index contributed by atoms with van der Waals surface area (Å²) in [4.78, 5) is 12.7. The Kier molecular flexibility index (Phi) is 7.51. The quantitative estimate of drug-likeness (QED) is 0.195. The van der Waals surface area contributed by atoms with E-state index < -0.39 is 0 Å². The average molecular weight is 573 g/mol. The first-order chi connectivity index (χ1) is 21.1. The number of para-hydroxylation sites is 1. The second kappa shape index (κ2) is 11.9. The summed E-state index contributed by atoms with van der Waals surface area (Å²) in [6, 6.07) is 29.7. The number of morpholine rings is 1. The average Bonchev–Trinajstić information content (AvgIpc) is 3.69. The van der Waals surface area contributed by atoms with E-state index in [9.17, 15) is 0 Å². The maximum Gasteiger partial charge on any atom is 0.110 e. The van der Waals surface area contributed by atoms with Gasteiger partial charge in [-0.3, -0.25) is 9.80 Å². The molecule has 43 heavy (non-hydrogen) atoms. The zero-order valence-corrected chi connectivity index (χ0v) is 24.0. The highest BCUT2D eigenvalue weighted by Gasteiger charge is 2.35. The molecule has 0 spiro atoms. The van der Waals surface area contributed by atoms with Crippen LogP contribution in [-0.4, -0.2) is 69.7 Å². The van der Waals surface area contributed by atoms with Crippen LogP contribution in [0.3, 0.4) is 0 Å². The van der Waals surface area contributed by atoms with Gasteiger partial charge in [0.2, 0.25) is 0 Å². The lowest BCUT2D eigenvalue weighted by Crippen LogP contribution is -2.58. The Bertz CT molecular complexity index is 1760. The van der Waals surface area contributed by atoms with Crippen molar-refractivity contribution < 1.29 is 4.74 Å². The van der Waals surface area contributed by atoms with Gasteiger partial charge in [0, 0.05) is 61.6 Å². The molecule has 0 radical (unpaired) electrons. The van der Waals surface area contributed by atoms with Gasteiger partial charge >= 0.3 is 0 Å². The number of nitrogens with two attached hydrogens (primary N) is 2. The van der Waals surface area contributed by atoms with Gasteiger partial charge in [0.1, 0.15) is 6.10 Å². The van der Waals surface area contributed by atoms with E-state index in [1.807, 2.05) is 41.2 Å². The Hall–Kier alpha value is -4.70. The van der Waals surface area contributed by atoms with Crippen molar-refractivity contribution in [3.05, 3.63) is 114 Å². The number of rotatable bonds is 7. The molecule has 5 N–H and O–H groups in total. The van der Waals surface area contributed by atoms with Crippen molar-refractivity contribution in [2.75, 3.05) is 32.8 Å². The van der Waals surface area contributed by atoms with Crippen LogP contribution in [0.4, 0.5) is 0 Å². The molecule has 2 atom stereocenters. The molecule has 0 bridgehead atoms. The highest BCUT2D eigenvalue weighted by atomic mass is 16.5. The number of ether oxygens (including phenoxy) is 1. The topological polar surface area (TPSA) is 114 Å². The predicted octanol–water partition coefficient (Wildman–Crippen LogP) is 4.52. The normalized spacial score (nSPS) is 20.1. The van der Waals surface area contributed by atoms with Crippen LogP contribution in [0, 0.1) is 0 Å². The first-order valence-electron chi connectivity index (χ1n) is 14.7. The second-order valence-electron chi connectivity index (χ2n) is 11.3. The van der Waals surface area contributed by atoms with Crippen LogP contribution in [0.1, 0.15) is 23.1 Å². The third-order valence-electron chi connectivity index (χ3n) is 8.44. The summed E-state index contributed by atoms with van der Waals surface area (Å²) < 4.78 is 8.41. The van der Waals surface area contributed by atoms with Crippen LogP contribution in [0.2, 0.25) is 0 Å². The number of nitrogens with zero attached hydrogens (tertiary/aromatic N) is 5. The molecule has 7 rings (SSSR count). The number of aliphatic imine (C=N–C) groups is 1. The van der Waals surface area contributed by atoms with E-state index in [1.54, 1.807) is 6.20 Å². The van der Waals surface area contributed by atoms with E-state index in [0.29, 0.717) is 18.3 Å². The number of benzene rings is 3. The van der Waals surface area contributed by atoms with Crippen LogP contribution in [-0.2, 0) is 11.3 Å². The molecule has 0 amide bonds. The lowest BCUT2D eigenvalue weighted by atomic mass is 10.0. The number of piperazine rings is 1. The molecule has 0 saturated carbocycles. The Morgan fingerprint density at radius 3 is 2.63 bits per heavy atom. The smallest absolute Gasteiger partial charge is 0.110 e. The van der Waals surface area contributed by atoms with Gasteiger partial charge in [0.15, 0.2) is 0 Å². The van der Waals surface area contributed by atoms with Gasteiger partial charge in [0.25, 0.3) is 0 Å². The number of aromatic amines is 1. The van der Waals surface area contributed by atoms with Crippen molar-refractivity contribution in [1.29, 1.82) is 0 Å². The molecule has 2 saturated heterocycles. The van der Waals surface area contributed by atoms with Crippen molar-refractivity contribution in [3.8, 4) is 16.8 Å². The Morgan fingerprint density at radius 1 is 1.00 bits per heavy atom. The molecule has 2 fully saturated rings. The molecule has 5 aromatic rings. The molecule has 3 aromatic carbocycles. The Balaban J connectivity index is 1.14. The van der Waals surface area contributed by atoms with Crippen LogP contribution in [0.5, 0.6) is 0 Å². The van der Waals surface area contributed by atoms with E-state index >= 15 is 0 Å². The van der Waals surface area contributed by atoms with E-state index in [2.05, 4.69) is 74.4 Å². The summed E-state index contributed by atoms with van der Waals surface area (Å²) >= 11 is 0. The fraction of sp³-hybridized carbons (Fsp3) is 0.235. The zero-order chi connectivity index (χ0) is 29.2. The molecule has 218 valence electrons. The summed E-state index contributed by atoms with van der Waals surface area (Å²) in [6.45, 7) is 5.56. The number of H-pyrrole nitrogens is 1. The third kappa shape index (κ3) is 5.70. The minimum atomic E-state index is -0.0868. The molecule has 2 aromatic heterocycles. The minimum absolute atomic E-state index is 0.0868. The molecule has 2 unspecified atom stereocenters. The van der Waals surface area contributed by atoms with Crippen molar-refractivity contribution in [2.24, 2.45) is 16.5 Å². The fourth-order valence-electron chi connectivity index (χ4n) is 6.21. The number of aromatic nitrogens is 3. The van der Waals surface area contributed by atoms with Crippen molar-refractivity contribution in [2.45, 2.75) is 18.7 Å². The summed E-state index contributed by atoms with van der Waals surface area (Å²) in [6.07, 6.45) is 4.77. The number of hydrogen-bond donors (Lipinski definition) is 3. The van der Waals surface area contributed by atoms with Crippen molar-refractivity contribution in [3.63, 3.8) is 0 Å². The van der Waals surface area contributed by atoms with Gasteiger partial charge in [0.05, 0.1) is 41.7 Å². The zero-order valence-electron chi connectivity index (χ0n) is 24.0. The summed E-state index contributed by atoms with van der Waals surface area (Å²) in [5.41, 5.74) is 19.6. The molecule has 2 aliphatic rings. The molecular weight excluding hydrogens is 536 g/mol. The van der Waals surface area contributed by atoms with Gasteiger partial charge in [-0.2, -0.15) is 5.10 Å². The van der Waals surface area contributed by atoms with E-state index in [1.165, 1.54) is 11.9 Å². The molecule has 9 heteroatoms. The Labute approximate surface area is 251 Å². The minimum Gasteiger partial charge on any atom is -0.396 e.